The zero-order valence-corrected chi connectivity index (χ0v) is 10.5. The number of phosphoric acid groups is 1. The van der Waals surface area contributed by atoms with Crippen LogP contribution in [0, 0.1) is 0 Å². The minimum atomic E-state index is -4.64. The average molecular weight is 374 g/mol. The van der Waals surface area contributed by atoms with Crippen LogP contribution in [-0.2, 0) is 21.6 Å². The molecule has 7 heteroatoms. The van der Waals surface area contributed by atoms with Crippen LogP contribution in [0.5, 0.6) is 0 Å². The average Bonchev–Trinajstić information content (AvgIpc) is 0.722. The Morgan fingerprint density at radius 2 is 1.14 bits per heavy atom. The SMILES string of the molecule is O=P(O)(O)O.[BiH3].[Cu]. The molecule has 0 saturated carbocycles. The molecule has 0 aromatic heterocycles. The van der Waals surface area contributed by atoms with Gasteiger partial charge in [0.2, 0.25) is 0 Å². The first-order chi connectivity index (χ1) is 2.00. The van der Waals surface area contributed by atoms with E-state index in [0.717, 1.165) is 0 Å². The fourth-order valence-electron chi connectivity index (χ4n) is 0. The Hall–Kier alpha value is 1.51. The molecule has 0 aliphatic rings. The maximum absolute atomic E-state index is 8.88. The van der Waals surface area contributed by atoms with Crippen LogP contribution >= 0.6 is 7.82 Å². The van der Waals surface area contributed by atoms with Crippen LogP contribution in [-0.4, -0.2) is 40.9 Å². The minimum Gasteiger partial charge on any atom is 0 e. The predicted molar refractivity (Wildman–Crippen MR) is 24.2 cm³/mol. The quantitative estimate of drug-likeness (QED) is 0.335. The minimum absolute atomic E-state index is 0. The molecule has 1 radical (unpaired) electrons. The Morgan fingerprint density at radius 3 is 1.14 bits per heavy atom. The summed E-state index contributed by atoms with van der Waals surface area (Å²) in [5, 5.41) is 0. The van der Waals surface area contributed by atoms with E-state index < -0.39 is 7.82 Å². The van der Waals surface area contributed by atoms with Gasteiger partial charge in [-0.05, 0) is 0 Å². The smallest absolute Gasteiger partial charge is 0 e. The standard InChI is InChI=1S/Bi.Cu.H3O4P.3H/c;;1-5(2,3)4;;;/h;;(H3,1,2,3,4);;;. The first-order valence-corrected chi connectivity index (χ1v) is 2.35. The molecule has 0 fully saturated rings. The molecule has 0 aromatic carbocycles. The van der Waals surface area contributed by atoms with E-state index in [1.165, 1.54) is 0 Å². The van der Waals surface area contributed by atoms with E-state index >= 15 is 0 Å². The molecule has 0 unspecified atom stereocenters. The zero-order valence-electron chi connectivity index (χ0n) is 3.21. The van der Waals surface area contributed by atoms with Gasteiger partial charge in [0.05, 0.1) is 0 Å². The third-order valence-electron chi connectivity index (χ3n) is 0. The molecule has 0 aliphatic carbocycles. The van der Waals surface area contributed by atoms with Crippen molar-refractivity contribution in [1.82, 2.24) is 0 Å². The van der Waals surface area contributed by atoms with Crippen molar-refractivity contribution in [3.05, 3.63) is 0 Å². The molecule has 7 heavy (non-hydrogen) atoms. The van der Waals surface area contributed by atoms with Crippen molar-refractivity contribution in [2.75, 3.05) is 0 Å². The number of hydrogen-bond donors (Lipinski definition) is 3. The van der Waals surface area contributed by atoms with Crippen LogP contribution in [0.4, 0.5) is 0 Å². The van der Waals surface area contributed by atoms with E-state index in [-0.39, 0.29) is 43.3 Å². The van der Waals surface area contributed by atoms with Crippen LogP contribution in [0.15, 0.2) is 0 Å². The van der Waals surface area contributed by atoms with E-state index in [4.69, 9.17) is 19.2 Å². The van der Waals surface area contributed by atoms with Crippen molar-refractivity contribution in [2.45, 2.75) is 0 Å². The molecular weight excluding hydrogens is 367 g/mol. The molecule has 0 aromatic rings. The van der Waals surface area contributed by atoms with E-state index in [0.29, 0.717) is 0 Å². The van der Waals surface area contributed by atoms with Gasteiger partial charge in [-0.2, -0.15) is 0 Å². The third-order valence-corrected chi connectivity index (χ3v) is 0. The Labute approximate surface area is 70.2 Å². The Kier molecular flexibility index (Phi) is 12.8. The maximum atomic E-state index is 8.88. The summed E-state index contributed by atoms with van der Waals surface area (Å²) < 4.78 is 8.88. The van der Waals surface area contributed by atoms with E-state index in [9.17, 15) is 0 Å². The molecule has 0 aliphatic heterocycles. The van der Waals surface area contributed by atoms with Gasteiger partial charge >= 0.3 is 34.0 Å². The summed E-state index contributed by atoms with van der Waals surface area (Å²) in [6.07, 6.45) is 0. The molecule has 0 bridgehead atoms. The Balaban J connectivity index is -0.0000000800. The summed E-state index contributed by atoms with van der Waals surface area (Å²) >= 11 is 0. The summed E-state index contributed by atoms with van der Waals surface area (Å²) in [5.41, 5.74) is 0. The normalized spacial score (nSPS) is 8.43. The maximum Gasteiger partial charge on any atom is 0 e. The van der Waals surface area contributed by atoms with Crippen LogP contribution in [0.25, 0.3) is 0 Å². The van der Waals surface area contributed by atoms with Gasteiger partial charge in [0.25, 0.3) is 0 Å². The van der Waals surface area contributed by atoms with Gasteiger partial charge in [-0.25, -0.2) is 4.57 Å². The third kappa shape index (κ3) is 99.8. The van der Waals surface area contributed by atoms with E-state index in [1.807, 2.05) is 0 Å². The van der Waals surface area contributed by atoms with Crippen LogP contribution < -0.4 is 0 Å². The molecule has 0 amide bonds. The summed E-state index contributed by atoms with van der Waals surface area (Å²) in [5.74, 6) is 0. The Bertz CT molecular complexity index is 57.8. The van der Waals surface area contributed by atoms with Crippen molar-refractivity contribution >= 4 is 34.0 Å². The van der Waals surface area contributed by atoms with Gasteiger partial charge in [-0.15, -0.1) is 0 Å². The fraction of sp³-hybridized carbons (Fsp3) is 0. The van der Waals surface area contributed by atoms with Crippen molar-refractivity contribution in [3.63, 3.8) is 0 Å². The summed E-state index contributed by atoms with van der Waals surface area (Å²) in [4.78, 5) is 21.6. The second kappa shape index (κ2) is 5.65. The molecule has 0 heterocycles. The fourth-order valence-corrected chi connectivity index (χ4v) is 0. The van der Waals surface area contributed by atoms with Crippen LogP contribution in [0.2, 0.25) is 0 Å². The Morgan fingerprint density at radius 1 is 1.14 bits per heavy atom. The van der Waals surface area contributed by atoms with Crippen molar-refractivity contribution in [2.24, 2.45) is 0 Å². The molecule has 0 spiro atoms. The van der Waals surface area contributed by atoms with Crippen LogP contribution in [0.3, 0.4) is 0 Å². The van der Waals surface area contributed by atoms with Gasteiger partial charge in [0, 0.05) is 17.1 Å². The molecule has 0 saturated heterocycles. The molecule has 51 valence electrons. The molecule has 4 nitrogen and oxygen atoms in total. The second-order valence-corrected chi connectivity index (χ2v) is 1.54. The summed E-state index contributed by atoms with van der Waals surface area (Å²) in [6.45, 7) is 0. The predicted octanol–water partition coefficient (Wildman–Crippen LogP) is -2.12. The monoisotopic (exact) mass is 373 g/mol. The van der Waals surface area contributed by atoms with Crippen molar-refractivity contribution in [1.29, 1.82) is 0 Å². The number of hydrogen-bond acceptors (Lipinski definition) is 1. The largest absolute Gasteiger partial charge is 0 e. The van der Waals surface area contributed by atoms with Gasteiger partial charge in [-0.3, -0.25) is 0 Å². The molecule has 0 atom stereocenters. The van der Waals surface area contributed by atoms with Gasteiger partial charge in [0.15, 0.2) is 0 Å². The van der Waals surface area contributed by atoms with Crippen LogP contribution in [0.1, 0.15) is 0 Å². The number of rotatable bonds is 0. The van der Waals surface area contributed by atoms with Gasteiger partial charge in [0.1, 0.15) is 0 Å². The topological polar surface area (TPSA) is 77.8 Å². The van der Waals surface area contributed by atoms with E-state index in [2.05, 4.69) is 0 Å². The van der Waals surface area contributed by atoms with Gasteiger partial charge < -0.3 is 14.7 Å². The second-order valence-electron chi connectivity index (χ2n) is 0.513. The van der Waals surface area contributed by atoms with E-state index in [1.54, 1.807) is 0 Å². The zero-order chi connectivity index (χ0) is 4.50. The first-order valence-electron chi connectivity index (χ1n) is 0.783. The van der Waals surface area contributed by atoms with Crippen molar-refractivity contribution in [3.8, 4) is 0 Å². The van der Waals surface area contributed by atoms with Gasteiger partial charge in [-0.1, -0.05) is 0 Å². The molecule has 3 N–H and O–H groups in total. The summed E-state index contributed by atoms with van der Waals surface area (Å²) in [7, 11) is -4.64. The summed E-state index contributed by atoms with van der Waals surface area (Å²) in [6, 6.07) is 0. The van der Waals surface area contributed by atoms with Crippen molar-refractivity contribution < 1.29 is 36.3 Å². The molecule has 0 rings (SSSR count). The first kappa shape index (κ1) is 15.8. The molecular formula is H6BiCuO4P.